The van der Waals surface area contributed by atoms with Gasteiger partial charge in [-0.05, 0) is 59.5 Å². The van der Waals surface area contributed by atoms with E-state index in [0.29, 0.717) is 0 Å². The SMILES string of the molecule is C=C.CCCC.CCN(CC)c1ccc(C(C)C2=CC=CCC=C2C(=O)NC)cc1Br. The first-order chi connectivity index (χ1) is 14.9. The number of allylic oxidation sites excluding steroid dienone is 4. The van der Waals surface area contributed by atoms with Gasteiger partial charge < -0.3 is 10.2 Å². The van der Waals surface area contributed by atoms with Gasteiger partial charge in [-0.25, -0.2) is 0 Å². The van der Waals surface area contributed by atoms with Crippen molar-refractivity contribution < 1.29 is 4.79 Å². The monoisotopic (exact) mass is 488 g/mol. The van der Waals surface area contributed by atoms with Gasteiger partial charge in [0.2, 0.25) is 0 Å². The molecular weight excluding hydrogens is 448 g/mol. The Balaban J connectivity index is 0.00000134. The molecule has 1 unspecified atom stereocenters. The molecule has 2 rings (SSSR count). The fourth-order valence-electron chi connectivity index (χ4n) is 3.17. The molecule has 1 aliphatic rings. The number of nitrogens with one attached hydrogen (secondary N) is 1. The lowest BCUT2D eigenvalue weighted by molar-refractivity contribution is -0.116. The summed E-state index contributed by atoms with van der Waals surface area (Å²) in [4.78, 5) is 14.6. The van der Waals surface area contributed by atoms with Crippen LogP contribution in [0.4, 0.5) is 5.69 Å². The smallest absolute Gasteiger partial charge is 0.251 e. The third-order valence-electron chi connectivity index (χ3n) is 5.19. The standard InChI is InChI=1S/C21H27BrN2O.C4H10.C2H4/c1-5-24(6-2)20-13-12-16(14-19(20)22)15(3)17-10-8-7-9-11-18(17)21(25)23-4;1-3-4-2;1-2/h7-8,10-15H,5-6,9H2,1-4H3,(H,23,25);3-4H2,1-2H3;1-2H2. The number of anilines is 1. The molecule has 4 heteroatoms. The highest BCUT2D eigenvalue weighted by Gasteiger charge is 2.21. The Hall–Kier alpha value is -2.07. The van der Waals surface area contributed by atoms with E-state index in [0.717, 1.165) is 35.1 Å². The van der Waals surface area contributed by atoms with Crippen LogP contribution in [0.1, 0.15) is 65.4 Å². The number of rotatable bonds is 7. The molecular formula is C27H41BrN2O. The maximum Gasteiger partial charge on any atom is 0.251 e. The van der Waals surface area contributed by atoms with E-state index >= 15 is 0 Å². The topological polar surface area (TPSA) is 32.3 Å². The first kappa shape index (κ1) is 28.9. The van der Waals surface area contributed by atoms with Crippen LogP contribution < -0.4 is 10.2 Å². The lowest BCUT2D eigenvalue weighted by Crippen LogP contribution is -2.23. The number of hydrogen-bond acceptors (Lipinski definition) is 2. The van der Waals surface area contributed by atoms with Crippen molar-refractivity contribution >= 4 is 27.5 Å². The Morgan fingerprint density at radius 1 is 1.16 bits per heavy atom. The van der Waals surface area contributed by atoms with Crippen molar-refractivity contribution in [2.75, 3.05) is 25.0 Å². The van der Waals surface area contributed by atoms with Gasteiger partial charge in [-0.3, -0.25) is 4.79 Å². The first-order valence-electron chi connectivity index (χ1n) is 11.3. The Bertz CT molecular complexity index is 758. The summed E-state index contributed by atoms with van der Waals surface area (Å²) in [6, 6.07) is 6.51. The van der Waals surface area contributed by atoms with Crippen LogP contribution >= 0.6 is 15.9 Å². The molecule has 0 aliphatic heterocycles. The van der Waals surface area contributed by atoms with E-state index in [9.17, 15) is 4.79 Å². The molecule has 1 amide bonds. The van der Waals surface area contributed by atoms with E-state index in [1.54, 1.807) is 7.05 Å². The number of likely N-dealkylation sites (N-methyl/N-ethyl adjacent to an activating group) is 1. The number of benzene rings is 1. The van der Waals surface area contributed by atoms with Crippen molar-refractivity contribution in [3.63, 3.8) is 0 Å². The van der Waals surface area contributed by atoms with Gasteiger partial charge >= 0.3 is 0 Å². The molecule has 31 heavy (non-hydrogen) atoms. The normalized spacial score (nSPS) is 13.3. The number of hydrogen-bond donors (Lipinski definition) is 1. The third kappa shape index (κ3) is 8.90. The van der Waals surface area contributed by atoms with E-state index in [-0.39, 0.29) is 11.8 Å². The maximum atomic E-state index is 12.3. The summed E-state index contributed by atoms with van der Waals surface area (Å²) < 4.78 is 1.09. The van der Waals surface area contributed by atoms with E-state index < -0.39 is 0 Å². The molecule has 0 radical (unpaired) electrons. The summed E-state index contributed by atoms with van der Waals surface area (Å²) in [7, 11) is 1.68. The molecule has 0 bridgehead atoms. The van der Waals surface area contributed by atoms with Gasteiger partial charge in [-0.1, -0.05) is 64.0 Å². The predicted octanol–water partition coefficient (Wildman–Crippen LogP) is 7.57. The van der Waals surface area contributed by atoms with E-state index in [1.165, 1.54) is 24.1 Å². The highest BCUT2D eigenvalue weighted by atomic mass is 79.9. The quantitative estimate of drug-likeness (QED) is 0.401. The van der Waals surface area contributed by atoms with Crippen LogP contribution in [0.2, 0.25) is 0 Å². The third-order valence-corrected chi connectivity index (χ3v) is 5.83. The molecule has 1 aromatic rings. The second-order valence-electron chi connectivity index (χ2n) is 7.09. The van der Waals surface area contributed by atoms with Crippen molar-refractivity contribution in [3.8, 4) is 0 Å². The molecule has 0 spiro atoms. The van der Waals surface area contributed by atoms with Crippen LogP contribution in [0.15, 0.2) is 71.3 Å². The van der Waals surface area contributed by atoms with Crippen molar-refractivity contribution in [1.82, 2.24) is 5.32 Å². The summed E-state index contributed by atoms with van der Waals surface area (Å²) in [6.07, 6.45) is 11.6. The van der Waals surface area contributed by atoms with E-state index in [2.05, 4.69) is 104 Å². The molecule has 172 valence electrons. The summed E-state index contributed by atoms with van der Waals surface area (Å²) in [6.45, 7) is 18.8. The largest absolute Gasteiger partial charge is 0.371 e. The molecule has 0 fully saturated rings. The second-order valence-corrected chi connectivity index (χ2v) is 7.94. The summed E-state index contributed by atoms with van der Waals surface area (Å²) in [5, 5.41) is 2.76. The zero-order valence-corrected chi connectivity index (χ0v) is 21.9. The van der Waals surface area contributed by atoms with Crippen LogP contribution in [0.25, 0.3) is 0 Å². The zero-order valence-electron chi connectivity index (χ0n) is 20.3. The van der Waals surface area contributed by atoms with Gasteiger partial charge in [0, 0.05) is 36.1 Å². The van der Waals surface area contributed by atoms with E-state index in [4.69, 9.17) is 0 Å². The van der Waals surface area contributed by atoms with Gasteiger partial charge in [0.05, 0.1) is 5.69 Å². The minimum Gasteiger partial charge on any atom is -0.371 e. The lowest BCUT2D eigenvalue weighted by atomic mass is 9.87. The highest BCUT2D eigenvalue weighted by molar-refractivity contribution is 9.10. The number of carbonyl (C=O) groups is 1. The molecule has 0 saturated carbocycles. The molecule has 1 N–H and O–H groups in total. The van der Waals surface area contributed by atoms with Gasteiger partial charge in [0.25, 0.3) is 5.91 Å². The Morgan fingerprint density at radius 3 is 2.26 bits per heavy atom. The molecule has 0 saturated heterocycles. The molecule has 1 aromatic carbocycles. The number of amides is 1. The molecule has 3 nitrogen and oxygen atoms in total. The van der Waals surface area contributed by atoms with Crippen LogP contribution in [0.5, 0.6) is 0 Å². The summed E-state index contributed by atoms with van der Waals surface area (Å²) in [5.41, 5.74) is 4.22. The maximum absolute atomic E-state index is 12.3. The number of carbonyl (C=O) groups excluding carboxylic acids is 1. The summed E-state index contributed by atoms with van der Waals surface area (Å²) in [5.74, 6) is 0.106. The molecule has 1 atom stereocenters. The Labute approximate surface area is 199 Å². The Morgan fingerprint density at radius 2 is 1.77 bits per heavy atom. The molecule has 0 aromatic heterocycles. The number of halogens is 1. The zero-order chi connectivity index (χ0) is 23.8. The summed E-state index contributed by atoms with van der Waals surface area (Å²) >= 11 is 3.73. The van der Waals surface area contributed by atoms with Crippen molar-refractivity contribution in [3.05, 3.63) is 76.8 Å². The first-order valence-corrected chi connectivity index (χ1v) is 12.1. The number of nitrogens with zero attached hydrogens (tertiary/aromatic N) is 1. The fraction of sp³-hybridized carbons (Fsp3) is 0.444. The molecule has 1 aliphatic carbocycles. The minimum atomic E-state index is -0.0272. The van der Waals surface area contributed by atoms with Crippen molar-refractivity contribution in [2.24, 2.45) is 0 Å². The van der Waals surface area contributed by atoms with Gasteiger partial charge in [0.1, 0.15) is 0 Å². The van der Waals surface area contributed by atoms with Crippen molar-refractivity contribution in [1.29, 1.82) is 0 Å². The molecule has 0 heterocycles. The average molecular weight is 490 g/mol. The van der Waals surface area contributed by atoms with Crippen molar-refractivity contribution in [2.45, 2.75) is 59.8 Å². The van der Waals surface area contributed by atoms with E-state index in [1.807, 2.05) is 12.2 Å². The van der Waals surface area contributed by atoms with Crippen LogP contribution in [0, 0.1) is 0 Å². The highest BCUT2D eigenvalue weighted by Crippen LogP contribution is 2.35. The lowest BCUT2D eigenvalue weighted by Gasteiger charge is -2.24. The van der Waals surface area contributed by atoms with Gasteiger partial charge in [-0.2, -0.15) is 0 Å². The van der Waals surface area contributed by atoms with Gasteiger partial charge in [0.15, 0.2) is 0 Å². The minimum absolute atomic E-state index is 0.0272. The number of unbranched alkanes of at least 4 members (excludes halogenated alkanes) is 1. The fourth-order valence-corrected chi connectivity index (χ4v) is 3.82. The second kappa shape index (κ2) is 16.6. The van der Waals surface area contributed by atoms with Crippen LogP contribution in [-0.4, -0.2) is 26.0 Å². The van der Waals surface area contributed by atoms with Crippen LogP contribution in [-0.2, 0) is 4.79 Å². The van der Waals surface area contributed by atoms with Gasteiger partial charge in [-0.15, -0.1) is 13.2 Å². The predicted molar refractivity (Wildman–Crippen MR) is 142 cm³/mol. The Kier molecular flexibility index (Phi) is 15.5. The van der Waals surface area contributed by atoms with Crippen LogP contribution in [0.3, 0.4) is 0 Å². The average Bonchev–Trinajstić information content (AvgIpc) is 3.07.